The summed E-state index contributed by atoms with van der Waals surface area (Å²) in [4.78, 5) is 25.3. The van der Waals surface area contributed by atoms with Crippen LogP contribution in [0.15, 0.2) is 42.5 Å². The second-order valence-electron chi connectivity index (χ2n) is 6.14. The van der Waals surface area contributed by atoms with Crippen molar-refractivity contribution in [3.63, 3.8) is 0 Å². The quantitative estimate of drug-likeness (QED) is 0.672. The predicted molar refractivity (Wildman–Crippen MR) is 103 cm³/mol. The molecule has 2 aromatic rings. The highest BCUT2D eigenvalue weighted by Crippen LogP contribution is 2.22. The van der Waals surface area contributed by atoms with Gasteiger partial charge >= 0.3 is 0 Å². The molecule has 0 aromatic heterocycles. The van der Waals surface area contributed by atoms with Crippen LogP contribution in [0.4, 0.5) is 15.8 Å². The van der Waals surface area contributed by atoms with E-state index in [1.54, 1.807) is 45.3 Å². The Morgan fingerprint density at radius 1 is 1.22 bits per heavy atom. The maximum absolute atomic E-state index is 13.1. The van der Waals surface area contributed by atoms with Crippen LogP contribution in [0.5, 0.6) is 5.75 Å². The predicted octanol–water partition coefficient (Wildman–Crippen LogP) is 1.97. The third-order valence-corrected chi connectivity index (χ3v) is 4.43. The standard InChI is InChI=1S/C19H21ClFN3O3/c1-12(19(26)23-17-8-7-13(21)9-16(17)20)24(2)11-18(25)22-14-5-4-6-15(10-14)27-3/h4-10,12H,11H2,1-3H3,(H,22,25)(H,23,26)/p+1/t12-/m1/s1. The van der Waals surface area contributed by atoms with E-state index in [0.717, 1.165) is 6.07 Å². The zero-order valence-electron chi connectivity index (χ0n) is 15.3. The molecular formula is C19H22ClFN3O3+. The molecule has 0 fully saturated rings. The van der Waals surface area contributed by atoms with E-state index in [1.807, 2.05) is 0 Å². The van der Waals surface area contributed by atoms with Gasteiger partial charge < -0.3 is 20.3 Å². The Balaban J connectivity index is 1.92. The van der Waals surface area contributed by atoms with Crippen LogP contribution < -0.4 is 20.3 Å². The molecule has 0 spiro atoms. The lowest BCUT2D eigenvalue weighted by atomic mass is 10.2. The summed E-state index contributed by atoms with van der Waals surface area (Å²) in [7, 11) is 3.29. The first kappa shape index (κ1) is 20.7. The average Bonchev–Trinajstić information content (AvgIpc) is 2.63. The Morgan fingerprint density at radius 2 is 1.96 bits per heavy atom. The lowest BCUT2D eigenvalue weighted by Gasteiger charge is -2.21. The first-order chi connectivity index (χ1) is 12.8. The molecule has 144 valence electrons. The Kier molecular flexibility index (Phi) is 7.15. The largest absolute Gasteiger partial charge is 0.497 e. The van der Waals surface area contributed by atoms with Crippen molar-refractivity contribution in [1.82, 2.24) is 0 Å². The molecule has 0 saturated heterocycles. The van der Waals surface area contributed by atoms with Crippen LogP contribution >= 0.6 is 11.6 Å². The fourth-order valence-corrected chi connectivity index (χ4v) is 2.58. The van der Waals surface area contributed by atoms with Gasteiger partial charge in [0, 0.05) is 11.8 Å². The number of methoxy groups -OCH3 is 1. The number of nitrogens with one attached hydrogen (secondary N) is 3. The number of anilines is 2. The van der Waals surface area contributed by atoms with E-state index in [9.17, 15) is 14.0 Å². The molecule has 0 radical (unpaired) electrons. The van der Waals surface area contributed by atoms with Gasteiger partial charge in [0.15, 0.2) is 12.6 Å². The van der Waals surface area contributed by atoms with Gasteiger partial charge in [-0.2, -0.15) is 0 Å². The monoisotopic (exact) mass is 394 g/mol. The minimum atomic E-state index is -0.526. The number of carbonyl (C=O) groups excluding carboxylic acids is 2. The summed E-state index contributed by atoms with van der Waals surface area (Å²) in [5, 5.41) is 5.54. The smallest absolute Gasteiger partial charge is 0.282 e. The number of amides is 2. The fourth-order valence-electron chi connectivity index (χ4n) is 2.37. The Morgan fingerprint density at radius 3 is 2.63 bits per heavy atom. The van der Waals surface area contributed by atoms with E-state index in [-0.39, 0.29) is 23.4 Å². The van der Waals surface area contributed by atoms with Crippen molar-refractivity contribution in [3.05, 3.63) is 53.3 Å². The van der Waals surface area contributed by atoms with Crippen LogP contribution in [0.25, 0.3) is 0 Å². The summed E-state index contributed by atoms with van der Waals surface area (Å²) in [6.45, 7) is 1.78. The molecule has 2 atom stereocenters. The van der Waals surface area contributed by atoms with Gasteiger partial charge in [-0.25, -0.2) is 4.39 Å². The third kappa shape index (κ3) is 5.94. The highest BCUT2D eigenvalue weighted by Gasteiger charge is 2.24. The first-order valence-electron chi connectivity index (χ1n) is 8.32. The number of ether oxygens (including phenoxy) is 1. The molecule has 0 saturated carbocycles. The molecule has 0 bridgehead atoms. The van der Waals surface area contributed by atoms with Crippen LogP contribution in [0.3, 0.4) is 0 Å². The number of carbonyl (C=O) groups is 2. The third-order valence-electron chi connectivity index (χ3n) is 4.11. The number of hydrogen-bond acceptors (Lipinski definition) is 3. The van der Waals surface area contributed by atoms with E-state index < -0.39 is 11.9 Å². The lowest BCUT2D eigenvalue weighted by molar-refractivity contribution is -0.885. The molecule has 2 amide bonds. The summed E-state index contributed by atoms with van der Waals surface area (Å²) < 4.78 is 18.2. The molecule has 6 nitrogen and oxygen atoms in total. The number of rotatable bonds is 7. The van der Waals surface area contributed by atoms with Crippen LogP contribution in [0.1, 0.15) is 6.92 Å². The van der Waals surface area contributed by atoms with Gasteiger partial charge in [-0.3, -0.25) is 9.59 Å². The number of benzene rings is 2. The zero-order chi connectivity index (χ0) is 20.0. The lowest BCUT2D eigenvalue weighted by Crippen LogP contribution is -3.14. The van der Waals surface area contributed by atoms with Crippen molar-refractivity contribution in [2.45, 2.75) is 13.0 Å². The van der Waals surface area contributed by atoms with Crippen molar-refractivity contribution in [1.29, 1.82) is 0 Å². The molecule has 0 aliphatic carbocycles. The van der Waals surface area contributed by atoms with Crippen LogP contribution in [-0.2, 0) is 9.59 Å². The number of quaternary nitrogens is 1. The van der Waals surface area contributed by atoms with Crippen LogP contribution in [0.2, 0.25) is 5.02 Å². The summed E-state index contributed by atoms with van der Waals surface area (Å²) in [5.41, 5.74) is 0.936. The molecule has 3 N–H and O–H groups in total. The van der Waals surface area contributed by atoms with Gasteiger partial charge in [0.25, 0.3) is 11.8 Å². The van der Waals surface area contributed by atoms with Gasteiger partial charge in [-0.1, -0.05) is 17.7 Å². The molecule has 2 rings (SSSR count). The second-order valence-corrected chi connectivity index (χ2v) is 6.55. The summed E-state index contributed by atoms with van der Waals surface area (Å²) in [6, 6.07) is 10.2. The Hall–Kier alpha value is -2.64. The van der Waals surface area contributed by atoms with Gasteiger partial charge in [0.2, 0.25) is 0 Å². The van der Waals surface area contributed by atoms with Gasteiger partial charge in [-0.15, -0.1) is 0 Å². The van der Waals surface area contributed by atoms with Crippen molar-refractivity contribution in [3.8, 4) is 5.75 Å². The zero-order valence-corrected chi connectivity index (χ0v) is 16.1. The molecule has 1 unspecified atom stereocenters. The fraction of sp³-hybridized carbons (Fsp3) is 0.263. The minimum Gasteiger partial charge on any atom is -0.497 e. The maximum atomic E-state index is 13.1. The summed E-state index contributed by atoms with van der Waals surface area (Å²) in [5.74, 6) is -0.407. The molecule has 0 heterocycles. The molecule has 8 heteroatoms. The number of hydrogen-bond donors (Lipinski definition) is 3. The Labute approximate surface area is 162 Å². The molecule has 27 heavy (non-hydrogen) atoms. The van der Waals surface area contributed by atoms with Gasteiger partial charge in [0.05, 0.1) is 24.9 Å². The normalized spacial score (nSPS) is 12.8. The van der Waals surface area contributed by atoms with Crippen LogP contribution in [-0.4, -0.2) is 38.6 Å². The first-order valence-corrected chi connectivity index (χ1v) is 8.70. The van der Waals surface area contributed by atoms with Gasteiger partial charge in [0.1, 0.15) is 11.6 Å². The highest BCUT2D eigenvalue weighted by molar-refractivity contribution is 6.33. The van der Waals surface area contributed by atoms with Gasteiger partial charge in [-0.05, 0) is 37.3 Å². The SMILES string of the molecule is COc1cccc(NC(=O)C[NH+](C)[C@H](C)C(=O)Nc2ccc(F)cc2Cl)c1. The van der Waals surface area contributed by atoms with Crippen molar-refractivity contribution in [2.75, 3.05) is 31.3 Å². The minimum absolute atomic E-state index is 0.0863. The molecule has 0 aliphatic heterocycles. The number of likely N-dealkylation sites (N-methyl/N-ethyl adjacent to an activating group) is 1. The van der Waals surface area contributed by atoms with E-state index in [2.05, 4.69) is 10.6 Å². The van der Waals surface area contributed by atoms with Crippen LogP contribution in [0, 0.1) is 5.82 Å². The number of halogens is 2. The summed E-state index contributed by atoms with van der Waals surface area (Å²) in [6.07, 6.45) is 0. The van der Waals surface area contributed by atoms with Crippen molar-refractivity contribution >= 4 is 34.8 Å². The highest BCUT2D eigenvalue weighted by atomic mass is 35.5. The van der Waals surface area contributed by atoms with E-state index in [0.29, 0.717) is 22.0 Å². The van der Waals surface area contributed by atoms with Crippen molar-refractivity contribution in [2.24, 2.45) is 0 Å². The van der Waals surface area contributed by atoms with E-state index in [4.69, 9.17) is 16.3 Å². The molecular weight excluding hydrogens is 373 g/mol. The molecule has 2 aromatic carbocycles. The second kappa shape index (κ2) is 9.34. The Bertz CT molecular complexity index is 832. The topological polar surface area (TPSA) is 71.9 Å². The van der Waals surface area contributed by atoms with Crippen molar-refractivity contribution < 1.29 is 23.6 Å². The van der Waals surface area contributed by atoms with E-state index >= 15 is 0 Å². The van der Waals surface area contributed by atoms with E-state index in [1.165, 1.54) is 12.1 Å². The maximum Gasteiger partial charge on any atom is 0.282 e. The summed E-state index contributed by atoms with van der Waals surface area (Å²) >= 11 is 5.92. The average molecular weight is 395 g/mol. The molecule has 0 aliphatic rings.